The van der Waals surface area contributed by atoms with Crippen molar-refractivity contribution in [3.8, 4) is 0 Å². The van der Waals surface area contributed by atoms with Crippen molar-refractivity contribution in [1.82, 2.24) is 20.2 Å². The number of aromatic nitrogens is 2. The van der Waals surface area contributed by atoms with Gasteiger partial charge in [0.15, 0.2) is 5.01 Å². The topological polar surface area (TPSA) is 112 Å². The SMILES string of the molecule is O=C(NC(CCCCN(Cc1ccccc1)C(=O)O)C(=O)c1nc2ccccc2s1)c1ccncc1. The summed E-state index contributed by atoms with van der Waals surface area (Å²) < 4.78 is 0.901. The Balaban J connectivity index is 1.42. The number of nitrogens with zero attached hydrogens (tertiary/aromatic N) is 3. The standard InChI is InChI=1S/C27H26N4O4S/c32-24(26-30-21-10-4-5-12-23(21)36-26)22(29-25(33)20-13-15-28-16-14-20)11-6-7-17-31(27(34)35)18-19-8-2-1-3-9-19/h1-5,8-10,12-16,22H,6-7,11,17-18H2,(H,29,33)(H,34,35). The van der Waals surface area contributed by atoms with Crippen LogP contribution in [0.3, 0.4) is 0 Å². The summed E-state index contributed by atoms with van der Waals surface area (Å²) in [5, 5.41) is 12.8. The molecule has 0 saturated heterocycles. The molecule has 2 aromatic carbocycles. The monoisotopic (exact) mass is 502 g/mol. The van der Waals surface area contributed by atoms with Gasteiger partial charge in [0.25, 0.3) is 5.91 Å². The second kappa shape index (κ2) is 12.0. The number of rotatable bonds is 11. The van der Waals surface area contributed by atoms with Crippen molar-refractivity contribution in [2.75, 3.05) is 6.54 Å². The molecule has 2 N–H and O–H groups in total. The molecular weight excluding hydrogens is 476 g/mol. The third-order valence-electron chi connectivity index (χ3n) is 5.73. The number of amides is 2. The lowest BCUT2D eigenvalue weighted by Gasteiger charge is -2.20. The normalized spacial score (nSPS) is 11.7. The number of fused-ring (bicyclic) bond motifs is 1. The summed E-state index contributed by atoms with van der Waals surface area (Å²) in [5.41, 5.74) is 2.06. The highest BCUT2D eigenvalue weighted by atomic mass is 32.1. The predicted molar refractivity (Wildman–Crippen MR) is 138 cm³/mol. The van der Waals surface area contributed by atoms with E-state index in [0.717, 1.165) is 15.8 Å². The number of unbranched alkanes of at least 4 members (excludes halogenated alkanes) is 1. The molecule has 2 aromatic heterocycles. The number of Topliss-reactive ketones (excluding diaryl/α,β-unsaturated/α-hetero) is 1. The van der Waals surface area contributed by atoms with E-state index in [2.05, 4.69) is 15.3 Å². The lowest BCUT2D eigenvalue weighted by atomic mass is 10.0. The third kappa shape index (κ3) is 6.51. The summed E-state index contributed by atoms with van der Waals surface area (Å²) in [5.74, 6) is -0.619. The number of nitrogens with one attached hydrogen (secondary N) is 1. The smallest absolute Gasteiger partial charge is 0.407 e. The number of benzene rings is 2. The lowest BCUT2D eigenvalue weighted by Crippen LogP contribution is -2.41. The van der Waals surface area contributed by atoms with E-state index in [9.17, 15) is 19.5 Å². The molecule has 1 atom stereocenters. The van der Waals surface area contributed by atoms with Crippen molar-refractivity contribution in [3.63, 3.8) is 0 Å². The number of carbonyl (C=O) groups excluding carboxylic acids is 2. The molecule has 0 saturated carbocycles. The second-order valence-electron chi connectivity index (χ2n) is 8.30. The quantitative estimate of drug-likeness (QED) is 0.220. The Morgan fingerprint density at radius 1 is 0.944 bits per heavy atom. The van der Waals surface area contributed by atoms with Crippen molar-refractivity contribution >= 4 is 39.3 Å². The lowest BCUT2D eigenvalue weighted by molar-refractivity contribution is 0.0850. The van der Waals surface area contributed by atoms with Crippen LogP contribution >= 0.6 is 11.3 Å². The average Bonchev–Trinajstić information content (AvgIpc) is 3.34. The molecule has 9 heteroatoms. The van der Waals surface area contributed by atoms with Gasteiger partial charge in [0, 0.05) is 31.0 Å². The fraction of sp³-hybridized carbons (Fsp3) is 0.222. The first-order valence-corrected chi connectivity index (χ1v) is 12.5. The van der Waals surface area contributed by atoms with E-state index < -0.39 is 12.1 Å². The molecule has 0 aliphatic heterocycles. The summed E-state index contributed by atoms with van der Waals surface area (Å²) in [7, 11) is 0. The van der Waals surface area contributed by atoms with E-state index in [4.69, 9.17) is 0 Å². The van der Waals surface area contributed by atoms with Gasteiger partial charge in [-0.3, -0.25) is 14.6 Å². The van der Waals surface area contributed by atoms with E-state index >= 15 is 0 Å². The number of para-hydroxylation sites is 1. The Bertz CT molecular complexity index is 1290. The molecule has 1 unspecified atom stereocenters. The van der Waals surface area contributed by atoms with Gasteiger partial charge in [-0.05, 0) is 49.1 Å². The van der Waals surface area contributed by atoms with Crippen LogP contribution in [0.15, 0.2) is 79.1 Å². The minimum Gasteiger partial charge on any atom is -0.465 e. The zero-order valence-electron chi connectivity index (χ0n) is 19.5. The number of carboxylic acid groups (broad SMARTS) is 1. The van der Waals surface area contributed by atoms with E-state index in [0.29, 0.717) is 42.9 Å². The zero-order valence-corrected chi connectivity index (χ0v) is 20.4. The van der Waals surface area contributed by atoms with Crippen molar-refractivity contribution in [3.05, 3.63) is 95.3 Å². The molecule has 0 fully saturated rings. The molecule has 8 nitrogen and oxygen atoms in total. The summed E-state index contributed by atoms with van der Waals surface area (Å²) in [6.07, 6.45) is 3.51. The van der Waals surface area contributed by atoms with Gasteiger partial charge in [0.1, 0.15) is 0 Å². The summed E-state index contributed by atoms with van der Waals surface area (Å²) in [6, 6.07) is 19.3. The maximum absolute atomic E-state index is 13.4. The molecule has 0 spiro atoms. The van der Waals surface area contributed by atoms with E-state index in [-0.39, 0.29) is 11.7 Å². The molecule has 0 bridgehead atoms. The summed E-state index contributed by atoms with van der Waals surface area (Å²) >= 11 is 1.30. The van der Waals surface area contributed by atoms with Crippen LogP contribution in [0.4, 0.5) is 4.79 Å². The molecule has 2 heterocycles. The van der Waals surface area contributed by atoms with Gasteiger partial charge in [0.05, 0.1) is 16.3 Å². The summed E-state index contributed by atoms with van der Waals surface area (Å²) in [6.45, 7) is 0.619. The van der Waals surface area contributed by atoms with Crippen LogP contribution in [0.25, 0.3) is 10.2 Å². The van der Waals surface area contributed by atoms with Crippen molar-refractivity contribution in [2.24, 2.45) is 0 Å². The van der Waals surface area contributed by atoms with Crippen LogP contribution in [0.5, 0.6) is 0 Å². The minimum atomic E-state index is -0.994. The number of pyridine rings is 1. The van der Waals surface area contributed by atoms with E-state index in [1.54, 1.807) is 12.1 Å². The molecule has 4 rings (SSSR count). The number of hydrogen-bond acceptors (Lipinski definition) is 6. The van der Waals surface area contributed by atoms with Crippen LogP contribution in [-0.4, -0.2) is 50.3 Å². The van der Waals surface area contributed by atoms with Gasteiger partial charge in [-0.15, -0.1) is 11.3 Å². The van der Waals surface area contributed by atoms with Crippen LogP contribution in [0, 0.1) is 0 Å². The molecular formula is C27H26N4O4S. The third-order valence-corrected chi connectivity index (χ3v) is 6.78. The summed E-state index contributed by atoms with van der Waals surface area (Å²) in [4.78, 5) is 47.6. The molecule has 2 amide bonds. The average molecular weight is 503 g/mol. The number of ketones is 1. The minimum absolute atomic E-state index is 0.252. The first kappa shape index (κ1) is 25.0. The Morgan fingerprint density at radius 3 is 2.39 bits per heavy atom. The van der Waals surface area contributed by atoms with Gasteiger partial charge in [0.2, 0.25) is 5.78 Å². The predicted octanol–water partition coefficient (Wildman–Crippen LogP) is 5.02. The second-order valence-corrected chi connectivity index (χ2v) is 9.33. The maximum Gasteiger partial charge on any atom is 0.407 e. The molecule has 36 heavy (non-hydrogen) atoms. The highest BCUT2D eigenvalue weighted by Gasteiger charge is 2.25. The molecule has 184 valence electrons. The van der Waals surface area contributed by atoms with Crippen LogP contribution in [-0.2, 0) is 6.54 Å². The Labute approximate surface area is 212 Å². The fourth-order valence-electron chi connectivity index (χ4n) is 3.84. The Hall–Kier alpha value is -4.11. The first-order valence-electron chi connectivity index (χ1n) is 11.6. The molecule has 0 aliphatic rings. The van der Waals surface area contributed by atoms with Gasteiger partial charge in [-0.2, -0.15) is 0 Å². The zero-order chi connectivity index (χ0) is 25.3. The van der Waals surface area contributed by atoms with E-state index in [1.807, 2.05) is 54.6 Å². The fourth-order valence-corrected chi connectivity index (χ4v) is 4.80. The van der Waals surface area contributed by atoms with Crippen molar-refractivity contribution < 1.29 is 19.5 Å². The molecule has 0 radical (unpaired) electrons. The first-order chi connectivity index (χ1) is 17.5. The highest BCUT2D eigenvalue weighted by Crippen LogP contribution is 2.23. The Morgan fingerprint density at radius 2 is 1.67 bits per heavy atom. The van der Waals surface area contributed by atoms with Gasteiger partial charge < -0.3 is 15.3 Å². The van der Waals surface area contributed by atoms with Gasteiger partial charge in [-0.1, -0.05) is 42.5 Å². The van der Waals surface area contributed by atoms with Crippen LogP contribution in [0.1, 0.15) is 45.0 Å². The van der Waals surface area contributed by atoms with Gasteiger partial charge >= 0.3 is 6.09 Å². The number of hydrogen-bond donors (Lipinski definition) is 2. The van der Waals surface area contributed by atoms with E-state index in [1.165, 1.54) is 28.6 Å². The largest absolute Gasteiger partial charge is 0.465 e. The molecule has 0 aliphatic carbocycles. The Kier molecular flexibility index (Phi) is 8.36. The van der Waals surface area contributed by atoms with Gasteiger partial charge in [-0.25, -0.2) is 9.78 Å². The highest BCUT2D eigenvalue weighted by molar-refractivity contribution is 7.20. The maximum atomic E-state index is 13.4. The number of thiazole rings is 1. The van der Waals surface area contributed by atoms with Crippen molar-refractivity contribution in [2.45, 2.75) is 31.8 Å². The number of carbonyl (C=O) groups is 3. The van der Waals surface area contributed by atoms with Crippen LogP contribution in [0.2, 0.25) is 0 Å². The van der Waals surface area contributed by atoms with Crippen molar-refractivity contribution in [1.29, 1.82) is 0 Å². The molecule has 4 aromatic rings. The van der Waals surface area contributed by atoms with Crippen LogP contribution < -0.4 is 5.32 Å².